The second kappa shape index (κ2) is 8.48. The average Bonchev–Trinajstić information content (AvgIpc) is 3.09. The smallest absolute Gasteiger partial charge is 0.320 e. The number of carboxylic acid groups (broad SMARTS) is 1. The molecule has 0 bridgehead atoms. The Hall–Kier alpha value is -2.87. The molecule has 1 aromatic carbocycles. The van der Waals surface area contributed by atoms with E-state index < -0.39 is 12.0 Å². The van der Waals surface area contributed by atoms with Crippen LogP contribution in [-0.4, -0.2) is 46.9 Å². The Balaban J connectivity index is 1.54. The predicted molar refractivity (Wildman–Crippen MR) is 99.2 cm³/mol. The number of hydrogen-bond donors (Lipinski definition) is 3. The van der Waals surface area contributed by atoms with Gasteiger partial charge in [-0.2, -0.15) is 5.10 Å². The van der Waals surface area contributed by atoms with E-state index in [0.717, 1.165) is 35.7 Å². The minimum absolute atomic E-state index is 0.500. The summed E-state index contributed by atoms with van der Waals surface area (Å²) in [6.45, 7) is 1.17. The number of benzene rings is 1. The molecule has 26 heavy (non-hydrogen) atoms. The molecule has 2 aromatic rings. The van der Waals surface area contributed by atoms with Gasteiger partial charge in [-0.05, 0) is 38.4 Å². The lowest BCUT2D eigenvalue weighted by Crippen LogP contribution is -2.33. The summed E-state index contributed by atoms with van der Waals surface area (Å²) in [4.78, 5) is 15.1. The molecule has 3 rings (SSSR count). The monoisotopic (exact) mass is 357 g/mol. The number of aliphatic carboxylic acids is 1. The lowest BCUT2D eigenvalue weighted by Gasteiger charge is -2.13. The van der Waals surface area contributed by atoms with Crippen LogP contribution in [0.1, 0.15) is 24.8 Å². The van der Waals surface area contributed by atoms with Crippen molar-refractivity contribution >= 4 is 18.1 Å². The number of unbranched alkanes of at least 4 members (excludes halogenated alkanes) is 1. The first kappa shape index (κ1) is 17.9. The molecule has 0 spiro atoms. The normalized spacial score (nSPS) is 13.7. The summed E-state index contributed by atoms with van der Waals surface area (Å²) in [5.41, 5.74) is 1.96. The molecule has 8 nitrogen and oxygen atoms in total. The minimum Gasteiger partial charge on any atom is -0.494 e. The molecule has 1 atom stereocenters. The predicted octanol–water partition coefficient (Wildman–Crippen LogP) is 2.05. The number of rotatable bonds is 9. The fourth-order valence-corrected chi connectivity index (χ4v) is 2.84. The Morgan fingerprint density at radius 1 is 1.46 bits per heavy atom. The first-order valence-electron chi connectivity index (χ1n) is 8.64. The first-order chi connectivity index (χ1) is 12.7. The highest BCUT2D eigenvalue weighted by Crippen LogP contribution is 2.24. The zero-order chi connectivity index (χ0) is 18.4. The second-order valence-corrected chi connectivity index (χ2v) is 6.07. The van der Waals surface area contributed by atoms with Gasteiger partial charge in [0.25, 0.3) is 0 Å². The Kier molecular flexibility index (Phi) is 5.85. The number of carboxylic acids is 1. The van der Waals surface area contributed by atoms with Gasteiger partial charge in [0.15, 0.2) is 0 Å². The molecule has 0 amide bonds. The van der Waals surface area contributed by atoms with Gasteiger partial charge in [0.05, 0.1) is 31.4 Å². The third-order valence-corrected chi connectivity index (χ3v) is 4.26. The number of nitrogens with one attached hydrogen (secondary N) is 2. The summed E-state index contributed by atoms with van der Waals surface area (Å²) < 4.78 is 7.64. The Morgan fingerprint density at radius 2 is 2.35 bits per heavy atom. The highest BCUT2D eigenvalue weighted by molar-refractivity contribution is 5.78. The van der Waals surface area contributed by atoms with Crippen LogP contribution in [0.3, 0.4) is 0 Å². The highest BCUT2D eigenvalue weighted by Gasteiger charge is 2.15. The molecule has 1 unspecified atom stereocenters. The molecule has 1 aliphatic heterocycles. The third-order valence-electron chi connectivity index (χ3n) is 4.26. The zero-order valence-corrected chi connectivity index (χ0v) is 14.7. The molecule has 138 valence electrons. The molecule has 1 aliphatic rings. The highest BCUT2D eigenvalue weighted by atomic mass is 16.5. The first-order valence-corrected chi connectivity index (χ1v) is 8.64. The number of ether oxygens (including phenoxy) is 1. The second-order valence-electron chi connectivity index (χ2n) is 6.07. The minimum atomic E-state index is -0.817. The van der Waals surface area contributed by atoms with Crippen molar-refractivity contribution in [1.82, 2.24) is 15.1 Å². The van der Waals surface area contributed by atoms with Gasteiger partial charge in [0, 0.05) is 11.6 Å². The van der Waals surface area contributed by atoms with Crippen molar-refractivity contribution in [3.63, 3.8) is 0 Å². The maximum atomic E-state index is 11.0. The summed E-state index contributed by atoms with van der Waals surface area (Å²) in [7, 11) is 1.66. The van der Waals surface area contributed by atoms with Crippen molar-refractivity contribution in [2.75, 3.05) is 19.0 Å². The van der Waals surface area contributed by atoms with E-state index in [9.17, 15) is 4.79 Å². The number of aliphatic imine (C=N–C) groups is 1. The van der Waals surface area contributed by atoms with Gasteiger partial charge in [-0.15, -0.1) is 0 Å². The van der Waals surface area contributed by atoms with Crippen LogP contribution in [0.5, 0.6) is 5.75 Å². The summed E-state index contributed by atoms with van der Waals surface area (Å²) in [5.74, 6) is 0.867. The number of carbonyl (C=O) groups is 1. The SMILES string of the molecule is CNC(CCCCOc1cccc(-n2ncc3c2NC=NC3)c1)C(=O)O. The fraction of sp³-hybridized carbons (Fsp3) is 0.389. The van der Waals surface area contributed by atoms with Crippen LogP contribution in [0.25, 0.3) is 5.69 Å². The summed E-state index contributed by atoms with van der Waals surface area (Å²) in [5, 5.41) is 19.3. The van der Waals surface area contributed by atoms with Crippen LogP contribution in [0, 0.1) is 0 Å². The molecular formula is C18H23N5O3. The number of fused-ring (bicyclic) bond motifs is 1. The Labute approximate surface area is 151 Å². The fourth-order valence-electron chi connectivity index (χ4n) is 2.84. The maximum absolute atomic E-state index is 11.0. The van der Waals surface area contributed by atoms with Crippen molar-refractivity contribution in [1.29, 1.82) is 0 Å². The maximum Gasteiger partial charge on any atom is 0.320 e. The Bertz CT molecular complexity index is 787. The van der Waals surface area contributed by atoms with E-state index in [4.69, 9.17) is 9.84 Å². The molecular weight excluding hydrogens is 334 g/mol. The van der Waals surface area contributed by atoms with Crippen LogP contribution < -0.4 is 15.4 Å². The van der Waals surface area contributed by atoms with Crippen molar-refractivity contribution in [2.24, 2.45) is 4.99 Å². The van der Waals surface area contributed by atoms with Gasteiger partial charge in [0.1, 0.15) is 17.6 Å². The van der Waals surface area contributed by atoms with E-state index in [-0.39, 0.29) is 0 Å². The number of likely N-dealkylation sites (N-methyl/N-ethyl adjacent to an activating group) is 1. The van der Waals surface area contributed by atoms with Gasteiger partial charge in [0.2, 0.25) is 0 Å². The van der Waals surface area contributed by atoms with Crippen molar-refractivity contribution in [3.05, 3.63) is 36.0 Å². The lowest BCUT2D eigenvalue weighted by atomic mass is 10.1. The molecule has 1 aromatic heterocycles. The molecule has 8 heteroatoms. The van der Waals surface area contributed by atoms with Crippen LogP contribution in [0.4, 0.5) is 5.82 Å². The van der Waals surface area contributed by atoms with Crippen molar-refractivity contribution in [3.8, 4) is 11.4 Å². The molecule has 0 saturated heterocycles. The van der Waals surface area contributed by atoms with Gasteiger partial charge in [-0.25, -0.2) is 4.68 Å². The van der Waals surface area contributed by atoms with Crippen LogP contribution >= 0.6 is 0 Å². The number of nitrogens with zero attached hydrogens (tertiary/aromatic N) is 3. The Morgan fingerprint density at radius 3 is 3.15 bits per heavy atom. The van der Waals surface area contributed by atoms with Crippen LogP contribution in [0.2, 0.25) is 0 Å². The van der Waals surface area contributed by atoms with E-state index >= 15 is 0 Å². The summed E-state index contributed by atoms with van der Waals surface area (Å²) in [6, 6.07) is 7.24. The van der Waals surface area contributed by atoms with Crippen molar-refractivity contribution < 1.29 is 14.6 Å². The van der Waals surface area contributed by atoms with Gasteiger partial charge in [-0.3, -0.25) is 9.79 Å². The van der Waals surface area contributed by atoms with E-state index in [1.807, 2.05) is 35.1 Å². The quantitative estimate of drug-likeness (QED) is 0.594. The van der Waals surface area contributed by atoms with Crippen LogP contribution in [-0.2, 0) is 11.3 Å². The summed E-state index contributed by atoms with van der Waals surface area (Å²) in [6.07, 6.45) is 5.66. The number of anilines is 1. The molecule has 0 fully saturated rings. The molecule has 2 heterocycles. The van der Waals surface area contributed by atoms with E-state index in [2.05, 4.69) is 20.7 Å². The number of aromatic nitrogens is 2. The van der Waals surface area contributed by atoms with Gasteiger partial charge in [-0.1, -0.05) is 6.07 Å². The standard InChI is InChI=1S/C18H23N5O3/c1-19-16(18(24)25)7-2-3-8-26-15-6-4-5-14(9-15)23-17-13(11-22-23)10-20-12-21-17/h4-6,9,11-12,16,19H,2-3,7-8,10H2,1H3,(H,20,21)(H,24,25). The number of hydrogen-bond acceptors (Lipinski definition) is 6. The zero-order valence-electron chi connectivity index (χ0n) is 14.7. The van der Waals surface area contributed by atoms with Gasteiger partial charge >= 0.3 is 5.97 Å². The van der Waals surface area contributed by atoms with E-state index in [1.165, 1.54) is 0 Å². The largest absolute Gasteiger partial charge is 0.494 e. The lowest BCUT2D eigenvalue weighted by molar-refractivity contribution is -0.139. The van der Waals surface area contributed by atoms with Gasteiger partial charge < -0.3 is 20.5 Å². The average molecular weight is 357 g/mol. The molecule has 3 N–H and O–H groups in total. The molecule has 0 radical (unpaired) electrons. The van der Waals surface area contributed by atoms with Crippen molar-refractivity contribution in [2.45, 2.75) is 31.8 Å². The summed E-state index contributed by atoms with van der Waals surface area (Å²) >= 11 is 0. The van der Waals surface area contributed by atoms with E-state index in [0.29, 0.717) is 19.6 Å². The van der Waals surface area contributed by atoms with E-state index in [1.54, 1.807) is 13.4 Å². The molecule has 0 saturated carbocycles. The molecule has 0 aliphatic carbocycles. The third kappa shape index (κ3) is 4.20. The van der Waals surface area contributed by atoms with Crippen LogP contribution in [0.15, 0.2) is 35.5 Å². The topological polar surface area (TPSA) is 101 Å².